The second-order valence-electron chi connectivity index (χ2n) is 4.86. The Hall–Kier alpha value is -1.60. The second-order valence-corrected chi connectivity index (χ2v) is 4.86. The molecule has 0 bridgehead atoms. The molecule has 110 valence electrons. The lowest BCUT2D eigenvalue weighted by Gasteiger charge is -2.24. The normalized spacial score (nSPS) is 22.9. The van der Waals surface area contributed by atoms with Crippen LogP contribution in [0.3, 0.4) is 0 Å². The Morgan fingerprint density at radius 2 is 2.00 bits per heavy atom. The summed E-state index contributed by atoms with van der Waals surface area (Å²) in [6.45, 7) is 1.13. The Balaban J connectivity index is 2.02. The molecule has 0 aromatic heterocycles. The molecule has 1 aromatic carbocycles. The standard InChI is InChI=1S/C13H15F3N2O2/c14-13(15,16)10-3-1-9(2-4-10)7-18-12(11(19)20)5-6-17-8-12/h1-4,17-18H,5-8H2,(H,19,20). The summed E-state index contributed by atoms with van der Waals surface area (Å²) >= 11 is 0. The zero-order valence-electron chi connectivity index (χ0n) is 10.6. The minimum absolute atomic E-state index is 0.214. The molecule has 4 nitrogen and oxygen atoms in total. The Morgan fingerprint density at radius 3 is 2.45 bits per heavy atom. The van der Waals surface area contributed by atoms with Gasteiger partial charge in [-0.05, 0) is 30.7 Å². The van der Waals surface area contributed by atoms with Gasteiger partial charge in [0.25, 0.3) is 0 Å². The van der Waals surface area contributed by atoms with E-state index < -0.39 is 23.2 Å². The molecule has 20 heavy (non-hydrogen) atoms. The minimum Gasteiger partial charge on any atom is -0.480 e. The molecule has 1 aliphatic rings. The van der Waals surface area contributed by atoms with Gasteiger partial charge >= 0.3 is 12.1 Å². The summed E-state index contributed by atoms with van der Waals surface area (Å²) in [6, 6.07) is 4.70. The van der Waals surface area contributed by atoms with Crippen molar-refractivity contribution >= 4 is 5.97 Å². The number of nitrogens with one attached hydrogen (secondary N) is 2. The van der Waals surface area contributed by atoms with E-state index in [0.717, 1.165) is 12.1 Å². The smallest absolute Gasteiger partial charge is 0.416 e. The molecule has 1 fully saturated rings. The molecule has 0 spiro atoms. The summed E-state index contributed by atoms with van der Waals surface area (Å²) in [5.41, 5.74) is -1.13. The third-order valence-corrected chi connectivity index (χ3v) is 3.48. The number of carboxylic acids is 1. The average Bonchev–Trinajstić information content (AvgIpc) is 2.86. The quantitative estimate of drug-likeness (QED) is 0.788. The molecule has 2 rings (SSSR count). The Labute approximate surface area is 114 Å². The number of carbonyl (C=O) groups is 1. The maximum atomic E-state index is 12.4. The van der Waals surface area contributed by atoms with Crippen LogP contribution >= 0.6 is 0 Å². The van der Waals surface area contributed by atoms with Crippen LogP contribution in [0, 0.1) is 0 Å². The highest BCUT2D eigenvalue weighted by atomic mass is 19.4. The van der Waals surface area contributed by atoms with Crippen molar-refractivity contribution < 1.29 is 23.1 Å². The van der Waals surface area contributed by atoms with E-state index in [1.54, 1.807) is 0 Å². The monoisotopic (exact) mass is 288 g/mol. The number of hydrogen-bond acceptors (Lipinski definition) is 3. The first kappa shape index (κ1) is 14.8. The van der Waals surface area contributed by atoms with Gasteiger partial charge in [0.1, 0.15) is 5.54 Å². The first-order valence-corrected chi connectivity index (χ1v) is 6.19. The van der Waals surface area contributed by atoms with Crippen molar-refractivity contribution in [1.29, 1.82) is 0 Å². The van der Waals surface area contributed by atoms with E-state index in [4.69, 9.17) is 0 Å². The Morgan fingerprint density at radius 1 is 1.35 bits per heavy atom. The van der Waals surface area contributed by atoms with E-state index in [9.17, 15) is 23.1 Å². The third kappa shape index (κ3) is 3.10. The summed E-state index contributed by atoms with van der Waals surface area (Å²) < 4.78 is 37.2. The minimum atomic E-state index is -4.36. The number of alkyl halides is 3. The van der Waals surface area contributed by atoms with Gasteiger partial charge in [-0.25, -0.2) is 0 Å². The molecule has 1 saturated heterocycles. The predicted molar refractivity (Wildman–Crippen MR) is 66.1 cm³/mol. The SMILES string of the molecule is O=C(O)C1(NCc2ccc(C(F)(F)F)cc2)CCNC1. The molecule has 0 aliphatic carbocycles. The topological polar surface area (TPSA) is 61.4 Å². The van der Waals surface area contributed by atoms with E-state index in [1.807, 2.05) is 0 Å². The Bertz CT molecular complexity index is 479. The largest absolute Gasteiger partial charge is 0.480 e. The van der Waals surface area contributed by atoms with Crippen LogP contribution in [0.1, 0.15) is 17.5 Å². The zero-order valence-corrected chi connectivity index (χ0v) is 10.6. The van der Waals surface area contributed by atoms with Gasteiger partial charge < -0.3 is 10.4 Å². The van der Waals surface area contributed by atoms with E-state index in [-0.39, 0.29) is 6.54 Å². The summed E-state index contributed by atoms with van der Waals surface area (Å²) in [5.74, 6) is -0.950. The summed E-state index contributed by atoms with van der Waals surface area (Å²) in [4.78, 5) is 11.3. The van der Waals surface area contributed by atoms with Crippen LogP contribution < -0.4 is 10.6 Å². The first-order chi connectivity index (χ1) is 9.33. The highest BCUT2D eigenvalue weighted by Crippen LogP contribution is 2.29. The lowest BCUT2D eigenvalue weighted by molar-refractivity contribution is -0.144. The maximum absolute atomic E-state index is 12.4. The average molecular weight is 288 g/mol. The van der Waals surface area contributed by atoms with Crippen molar-refractivity contribution in [2.24, 2.45) is 0 Å². The molecule has 1 heterocycles. The maximum Gasteiger partial charge on any atom is 0.416 e. The molecule has 7 heteroatoms. The van der Waals surface area contributed by atoms with Crippen LogP contribution in [-0.2, 0) is 17.5 Å². The van der Waals surface area contributed by atoms with Crippen molar-refractivity contribution in [1.82, 2.24) is 10.6 Å². The van der Waals surface area contributed by atoms with Crippen molar-refractivity contribution in [2.75, 3.05) is 13.1 Å². The van der Waals surface area contributed by atoms with Gasteiger partial charge in [0.15, 0.2) is 0 Å². The fourth-order valence-corrected chi connectivity index (χ4v) is 2.18. The number of rotatable bonds is 4. The van der Waals surface area contributed by atoms with E-state index in [1.165, 1.54) is 12.1 Å². The fraction of sp³-hybridized carbons (Fsp3) is 0.462. The molecule has 1 aromatic rings. The first-order valence-electron chi connectivity index (χ1n) is 6.19. The second kappa shape index (κ2) is 5.41. The molecule has 0 radical (unpaired) electrons. The van der Waals surface area contributed by atoms with Crippen molar-refractivity contribution in [3.63, 3.8) is 0 Å². The van der Waals surface area contributed by atoms with Gasteiger partial charge in [0.05, 0.1) is 5.56 Å². The van der Waals surface area contributed by atoms with Gasteiger partial charge in [0.2, 0.25) is 0 Å². The van der Waals surface area contributed by atoms with Gasteiger partial charge in [-0.1, -0.05) is 12.1 Å². The van der Waals surface area contributed by atoms with Gasteiger partial charge in [-0.2, -0.15) is 13.2 Å². The molecule has 1 unspecified atom stereocenters. The van der Waals surface area contributed by atoms with E-state index in [2.05, 4.69) is 10.6 Å². The Kier molecular flexibility index (Phi) is 4.01. The molecule has 1 aliphatic heterocycles. The predicted octanol–water partition coefficient (Wildman–Crippen LogP) is 1.61. The van der Waals surface area contributed by atoms with Crippen LogP contribution in [0.4, 0.5) is 13.2 Å². The molecule has 1 atom stereocenters. The molecule has 0 saturated carbocycles. The lowest BCUT2D eigenvalue weighted by atomic mass is 9.98. The van der Waals surface area contributed by atoms with Crippen LogP contribution in [0.5, 0.6) is 0 Å². The van der Waals surface area contributed by atoms with Crippen molar-refractivity contribution in [3.05, 3.63) is 35.4 Å². The number of aliphatic carboxylic acids is 1. The summed E-state index contributed by atoms with van der Waals surface area (Å²) in [6.07, 6.45) is -3.91. The third-order valence-electron chi connectivity index (χ3n) is 3.48. The molecular weight excluding hydrogens is 273 g/mol. The number of benzene rings is 1. The fourth-order valence-electron chi connectivity index (χ4n) is 2.18. The number of hydrogen-bond donors (Lipinski definition) is 3. The molecular formula is C13H15F3N2O2. The highest BCUT2D eigenvalue weighted by Gasteiger charge is 2.40. The van der Waals surface area contributed by atoms with Crippen molar-refractivity contribution in [2.45, 2.75) is 24.7 Å². The van der Waals surface area contributed by atoms with Gasteiger partial charge in [-0.3, -0.25) is 10.1 Å². The van der Waals surface area contributed by atoms with Gasteiger partial charge in [-0.15, -0.1) is 0 Å². The zero-order chi connectivity index (χ0) is 14.8. The number of carboxylic acid groups (broad SMARTS) is 1. The van der Waals surface area contributed by atoms with E-state index >= 15 is 0 Å². The molecule has 3 N–H and O–H groups in total. The van der Waals surface area contributed by atoms with Crippen LogP contribution in [-0.4, -0.2) is 29.7 Å². The van der Waals surface area contributed by atoms with E-state index in [0.29, 0.717) is 25.1 Å². The van der Waals surface area contributed by atoms with Gasteiger partial charge in [0, 0.05) is 13.1 Å². The summed E-state index contributed by atoms with van der Waals surface area (Å²) in [5, 5.41) is 15.1. The van der Waals surface area contributed by atoms with Crippen LogP contribution in [0.2, 0.25) is 0 Å². The lowest BCUT2D eigenvalue weighted by Crippen LogP contribution is -2.53. The number of halogens is 3. The van der Waals surface area contributed by atoms with Crippen LogP contribution in [0.25, 0.3) is 0 Å². The highest BCUT2D eigenvalue weighted by molar-refractivity contribution is 5.79. The van der Waals surface area contributed by atoms with Crippen LogP contribution in [0.15, 0.2) is 24.3 Å². The molecule has 0 amide bonds. The summed E-state index contributed by atoms with van der Waals surface area (Å²) in [7, 11) is 0. The van der Waals surface area contributed by atoms with Crippen molar-refractivity contribution in [3.8, 4) is 0 Å².